The molecule has 14 heteroatoms. The van der Waals surface area contributed by atoms with Crippen LogP contribution in [0.25, 0.3) is 21.8 Å². The Labute approximate surface area is 348 Å². The molecule has 4 N–H and O–H groups in total. The first kappa shape index (κ1) is 40.2. The Morgan fingerprint density at radius 2 is 1.37 bits per heavy atom. The van der Waals surface area contributed by atoms with Gasteiger partial charge >= 0.3 is 6.09 Å². The van der Waals surface area contributed by atoms with Gasteiger partial charge in [0.15, 0.2) is 18.1 Å². The lowest BCUT2D eigenvalue weighted by atomic mass is 9.96. The predicted molar refractivity (Wildman–Crippen MR) is 224 cm³/mol. The molecule has 0 saturated carbocycles. The zero-order valence-electron chi connectivity index (χ0n) is 31.2. The summed E-state index contributed by atoms with van der Waals surface area (Å²) < 4.78 is 21.7. The number of amides is 2. The number of nitrogens with zero attached hydrogens (tertiary/aromatic N) is 2. The smallest absolute Gasteiger partial charge is 0.408 e. The van der Waals surface area contributed by atoms with Crippen LogP contribution in [0.15, 0.2) is 140 Å². The third-order valence-corrected chi connectivity index (χ3v) is 9.83. The second kappa shape index (κ2) is 18.5. The van der Waals surface area contributed by atoms with E-state index in [0.29, 0.717) is 65.8 Å². The van der Waals surface area contributed by atoms with Crippen molar-refractivity contribution in [1.82, 2.24) is 20.6 Å². The summed E-state index contributed by atoms with van der Waals surface area (Å²) in [6, 6.07) is 32.5. The van der Waals surface area contributed by atoms with Crippen LogP contribution in [0, 0.1) is 0 Å². The number of hydrogen-bond acceptors (Lipinski definition) is 10. The minimum absolute atomic E-state index is 0.0424. The van der Waals surface area contributed by atoms with E-state index in [4.69, 9.17) is 42.1 Å². The largest absolute Gasteiger partial charge is 0.505 e. The fraction of sp³-hybridized carbons (Fsp3) is 0.111. The summed E-state index contributed by atoms with van der Waals surface area (Å²) in [4.78, 5) is 33.4. The number of carbonyl (C=O) groups excluding carboxylic acids is 2. The van der Waals surface area contributed by atoms with E-state index in [1.165, 1.54) is 6.08 Å². The summed E-state index contributed by atoms with van der Waals surface area (Å²) in [5, 5.41) is 29.3. The zero-order valence-corrected chi connectivity index (χ0v) is 32.7. The van der Waals surface area contributed by atoms with E-state index < -0.39 is 18.2 Å². The lowest BCUT2D eigenvalue weighted by Gasteiger charge is -2.22. The Morgan fingerprint density at radius 1 is 0.763 bits per heavy atom. The van der Waals surface area contributed by atoms with E-state index >= 15 is 0 Å². The summed E-state index contributed by atoms with van der Waals surface area (Å²) in [5.74, 6) is 1.27. The molecule has 0 fully saturated rings. The number of nitrogens with one attached hydrogen (secondary N) is 2. The quantitative estimate of drug-likeness (QED) is 0.0925. The first-order chi connectivity index (χ1) is 28.7. The van der Waals surface area contributed by atoms with E-state index in [0.717, 1.165) is 5.56 Å². The molecule has 2 amide bonds. The molecular formula is C45H36Cl2N4O8. The van der Waals surface area contributed by atoms with Crippen molar-refractivity contribution in [2.45, 2.75) is 18.7 Å². The molecule has 3 heterocycles. The molecule has 0 aliphatic carbocycles. The van der Waals surface area contributed by atoms with Crippen molar-refractivity contribution in [3.8, 4) is 28.7 Å². The Morgan fingerprint density at radius 3 is 2.03 bits per heavy atom. The molecule has 12 nitrogen and oxygen atoms in total. The summed E-state index contributed by atoms with van der Waals surface area (Å²) in [6.45, 7) is 3.79. The number of ether oxygens (including phenoxy) is 4. The number of phenolic OH excluding ortho intramolecular Hbond substituents is 2. The van der Waals surface area contributed by atoms with Gasteiger partial charge in [-0.15, -0.1) is 6.58 Å². The van der Waals surface area contributed by atoms with Crippen molar-refractivity contribution in [3.05, 3.63) is 173 Å². The normalized spacial score (nSPS) is 12.4. The lowest BCUT2D eigenvalue weighted by Crippen LogP contribution is -2.31. The Kier molecular flexibility index (Phi) is 12.6. The van der Waals surface area contributed by atoms with E-state index in [1.807, 2.05) is 48.5 Å². The molecule has 2 atom stereocenters. The Bertz CT molecular complexity index is 2630. The number of para-hydroxylation sites is 1. The zero-order chi connectivity index (χ0) is 41.3. The molecule has 2 aromatic heterocycles. The number of fused-ring (bicyclic) bond motifs is 3. The molecule has 0 bridgehead atoms. The van der Waals surface area contributed by atoms with Crippen molar-refractivity contribution in [2.75, 3.05) is 13.4 Å². The van der Waals surface area contributed by atoms with Gasteiger partial charge in [0.25, 0.3) is 5.91 Å². The average molecular weight is 832 g/mol. The van der Waals surface area contributed by atoms with Gasteiger partial charge in [0.1, 0.15) is 34.9 Å². The summed E-state index contributed by atoms with van der Waals surface area (Å²) in [7, 11) is 0. The highest BCUT2D eigenvalue weighted by Crippen LogP contribution is 2.41. The Hall–Kier alpha value is -7.02. The second-order valence-electron chi connectivity index (χ2n) is 13.0. The van der Waals surface area contributed by atoms with Crippen LogP contribution in [0.5, 0.6) is 28.7 Å². The van der Waals surface area contributed by atoms with Gasteiger partial charge in [0, 0.05) is 34.3 Å². The van der Waals surface area contributed by atoms with Crippen LogP contribution in [0.3, 0.4) is 0 Å². The molecule has 0 radical (unpaired) electrons. The van der Waals surface area contributed by atoms with Gasteiger partial charge in [-0.1, -0.05) is 83.9 Å². The summed E-state index contributed by atoms with van der Waals surface area (Å²) in [5.41, 5.74) is 3.01. The van der Waals surface area contributed by atoms with Gasteiger partial charge in [0.05, 0.1) is 22.1 Å². The molecule has 2 unspecified atom stereocenters. The summed E-state index contributed by atoms with van der Waals surface area (Å²) >= 11 is 12.8. The maximum atomic E-state index is 12.7. The minimum atomic E-state index is -0.785. The molecule has 0 spiro atoms. The third kappa shape index (κ3) is 9.41. The minimum Gasteiger partial charge on any atom is -0.505 e. The maximum Gasteiger partial charge on any atom is 0.408 e. The molecule has 0 saturated heterocycles. The van der Waals surface area contributed by atoms with Gasteiger partial charge in [-0.05, 0) is 71.8 Å². The molecule has 1 aliphatic rings. The van der Waals surface area contributed by atoms with E-state index in [-0.39, 0.29) is 37.4 Å². The maximum absolute atomic E-state index is 12.7. The number of rotatable bonds is 11. The van der Waals surface area contributed by atoms with Crippen molar-refractivity contribution < 1.29 is 38.7 Å². The fourth-order valence-corrected chi connectivity index (χ4v) is 6.87. The topological polar surface area (TPSA) is 161 Å². The highest BCUT2D eigenvalue weighted by Gasteiger charge is 2.26. The third-order valence-electron chi connectivity index (χ3n) is 9.21. The molecule has 5 aromatic carbocycles. The first-order valence-electron chi connectivity index (χ1n) is 18.2. The standard InChI is InChI=1S/C25H19ClN2O5.C20H17ClN2O3/c26-19-12-18(24(29)23-17(19)7-4-10-27-23)22(16-8-9-20-21(11-16)33-14-32-20)28-25(30)31-13-15-5-2-1-3-6-15;1-2-17(23-18(24)12-26-13-7-4-3-5-8-13)15-11-16(21)14-9-6-10-22-19(14)20(15)25/h1-12,22,29H,13-14H2,(H,28,30);2-11,17,25H,1,12H2,(H,23,24). The predicted octanol–water partition coefficient (Wildman–Crippen LogP) is 9.35. The van der Waals surface area contributed by atoms with E-state index in [2.05, 4.69) is 27.2 Å². The highest BCUT2D eigenvalue weighted by atomic mass is 35.5. The van der Waals surface area contributed by atoms with E-state index in [9.17, 15) is 19.8 Å². The number of hydrogen-bond donors (Lipinski definition) is 4. The van der Waals surface area contributed by atoms with E-state index in [1.54, 1.807) is 79.1 Å². The molecule has 7 aromatic rings. The molecule has 1 aliphatic heterocycles. The SMILES string of the molecule is C=CC(NC(=O)COc1ccccc1)c1cc(Cl)c2cccnc2c1O.O=C(NC(c1ccc2c(c1)OCO2)c1cc(Cl)c2cccnc2c1O)OCc1ccccc1. The fourth-order valence-electron chi connectivity index (χ4n) is 6.33. The van der Waals surface area contributed by atoms with Crippen LogP contribution in [-0.4, -0.2) is 45.6 Å². The molecule has 59 heavy (non-hydrogen) atoms. The van der Waals surface area contributed by atoms with Crippen LogP contribution in [0.2, 0.25) is 10.0 Å². The van der Waals surface area contributed by atoms with Crippen molar-refractivity contribution in [3.63, 3.8) is 0 Å². The number of alkyl carbamates (subject to hydrolysis) is 1. The number of carbonyl (C=O) groups is 2. The van der Waals surface area contributed by atoms with Crippen LogP contribution in [0.4, 0.5) is 4.79 Å². The first-order valence-corrected chi connectivity index (χ1v) is 18.9. The summed E-state index contributed by atoms with van der Waals surface area (Å²) in [6.07, 6.45) is 4.00. The van der Waals surface area contributed by atoms with Crippen molar-refractivity contribution >= 4 is 57.0 Å². The Balaban J connectivity index is 0.000000185. The van der Waals surface area contributed by atoms with Crippen molar-refractivity contribution in [1.29, 1.82) is 0 Å². The number of benzene rings is 5. The van der Waals surface area contributed by atoms with Gasteiger partial charge in [-0.25, -0.2) is 4.79 Å². The number of aromatic nitrogens is 2. The van der Waals surface area contributed by atoms with Gasteiger partial charge < -0.3 is 39.8 Å². The number of aromatic hydroxyl groups is 2. The van der Waals surface area contributed by atoms with Crippen LogP contribution >= 0.6 is 23.2 Å². The van der Waals surface area contributed by atoms with Gasteiger partial charge in [0.2, 0.25) is 6.79 Å². The lowest BCUT2D eigenvalue weighted by molar-refractivity contribution is -0.123. The molecular weight excluding hydrogens is 795 g/mol. The average Bonchev–Trinajstić information content (AvgIpc) is 3.75. The molecule has 298 valence electrons. The number of halogens is 2. The van der Waals surface area contributed by atoms with Crippen molar-refractivity contribution in [2.24, 2.45) is 0 Å². The van der Waals surface area contributed by atoms with Crippen LogP contribution in [-0.2, 0) is 16.1 Å². The monoisotopic (exact) mass is 830 g/mol. The molecule has 8 rings (SSSR count). The van der Waals surface area contributed by atoms with Gasteiger partial charge in [-0.2, -0.15) is 0 Å². The number of phenols is 2. The van der Waals surface area contributed by atoms with Crippen LogP contribution < -0.4 is 24.8 Å². The number of pyridine rings is 2. The van der Waals surface area contributed by atoms with Crippen LogP contribution in [0.1, 0.15) is 34.3 Å². The van der Waals surface area contributed by atoms with Gasteiger partial charge in [-0.3, -0.25) is 14.8 Å². The highest BCUT2D eigenvalue weighted by molar-refractivity contribution is 6.36. The second-order valence-corrected chi connectivity index (χ2v) is 13.8.